The van der Waals surface area contributed by atoms with Crippen molar-refractivity contribution >= 4 is 10.8 Å². The lowest BCUT2D eigenvalue weighted by atomic mass is 10.1. The zero-order valence-corrected chi connectivity index (χ0v) is 8.98. The largest absolute Gasteiger partial charge is 0.259 e. The van der Waals surface area contributed by atoms with Gasteiger partial charge >= 0.3 is 0 Å². The number of hydrogen-bond donors (Lipinski definition) is 0. The normalized spacial score (nSPS) is 29.8. The molecule has 0 aromatic rings. The van der Waals surface area contributed by atoms with E-state index in [-0.39, 0.29) is 11.2 Å². The van der Waals surface area contributed by atoms with Crippen LogP contribution in [0.15, 0.2) is 0 Å². The predicted octanol–water partition coefficient (Wildman–Crippen LogP) is 2.23. The van der Waals surface area contributed by atoms with Crippen molar-refractivity contribution in [2.75, 3.05) is 5.75 Å². The molecule has 0 bridgehead atoms. The van der Waals surface area contributed by atoms with Gasteiger partial charge in [-0.1, -0.05) is 19.8 Å². The van der Waals surface area contributed by atoms with Gasteiger partial charge in [-0.15, -0.1) is 0 Å². The highest BCUT2D eigenvalue weighted by Crippen LogP contribution is 2.29. The van der Waals surface area contributed by atoms with Crippen molar-refractivity contribution in [2.45, 2.75) is 44.3 Å². The van der Waals surface area contributed by atoms with Crippen LogP contribution in [0.2, 0.25) is 0 Å². The summed E-state index contributed by atoms with van der Waals surface area (Å²) < 4.78 is 11.7. The zero-order chi connectivity index (χ0) is 9.68. The maximum absolute atomic E-state index is 11.7. The minimum atomic E-state index is -0.748. The molecule has 1 aliphatic rings. The summed E-state index contributed by atoms with van der Waals surface area (Å²) in [6.45, 7) is 2.10. The minimum absolute atomic E-state index is 0.0673. The molecule has 13 heavy (non-hydrogen) atoms. The SMILES string of the molecule is CCCCS(=O)C1CCCC1C#N. The Morgan fingerprint density at radius 3 is 2.92 bits per heavy atom. The van der Waals surface area contributed by atoms with Gasteiger partial charge in [0.05, 0.1) is 17.2 Å². The van der Waals surface area contributed by atoms with Crippen molar-refractivity contribution in [2.24, 2.45) is 5.92 Å². The van der Waals surface area contributed by atoms with Gasteiger partial charge < -0.3 is 0 Å². The zero-order valence-electron chi connectivity index (χ0n) is 8.16. The molecule has 0 radical (unpaired) electrons. The van der Waals surface area contributed by atoms with Gasteiger partial charge in [-0.2, -0.15) is 5.26 Å². The van der Waals surface area contributed by atoms with Gasteiger partial charge in [0.2, 0.25) is 0 Å². The Balaban J connectivity index is 2.42. The third-order valence-electron chi connectivity index (χ3n) is 2.66. The summed E-state index contributed by atoms with van der Waals surface area (Å²) in [4.78, 5) is 0. The molecule has 3 heteroatoms. The molecule has 0 aromatic carbocycles. The van der Waals surface area contributed by atoms with Crippen molar-refractivity contribution in [3.63, 3.8) is 0 Å². The standard InChI is InChI=1S/C10H17NOS/c1-2-3-7-13(12)10-6-4-5-9(10)8-11/h9-10H,2-7H2,1H3. The molecule has 0 N–H and O–H groups in total. The molecule has 0 amide bonds. The average molecular weight is 199 g/mol. The van der Waals surface area contributed by atoms with E-state index in [1.165, 1.54) is 0 Å². The third-order valence-corrected chi connectivity index (χ3v) is 4.59. The lowest BCUT2D eigenvalue weighted by Crippen LogP contribution is -2.21. The van der Waals surface area contributed by atoms with Gasteiger partial charge in [0.1, 0.15) is 0 Å². The van der Waals surface area contributed by atoms with Gasteiger partial charge in [0.25, 0.3) is 0 Å². The Labute approximate surface area is 82.8 Å². The molecular weight excluding hydrogens is 182 g/mol. The maximum atomic E-state index is 11.7. The van der Waals surface area contributed by atoms with Gasteiger partial charge in [-0.05, 0) is 19.3 Å². The second-order valence-electron chi connectivity index (χ2n) is 3.64. The fourth-order valence-corrected chi connectivity index (χ4v) is 3.70. The number of nitriles is 1. The van der Waals surface area contributed by atoms with Crippen molar-refractivity contribution in [1.29, 1.82) is 5.26 Å². The van der Waals surface area contributed by atoms with Crippen LogP contribution in [0.3, 0.4) is 0 Å². The van der Waals surface area contributed by atoms with Crippen LogP contribution in [0.5, 0.6) is 0 Å². The molecule has 74 valence electrons. The molecule has 0 spiro atoms. The number of rotatable bonds is 4. The average Bonchev–Trinajstić information content (AvgIpc) is 2.61. The molecule has 1 rings (SSSR count). The van der Waals surface area contributed by atoms with Crippen LogP contribution in [0.4, 0.5) is 0 Å². The first kappa shape index (κ1) is 10.7. The second-order valence-corrected chi connectivity index (χ2v) is 5.42. The van der Waals surface area contributed by atoms with E-state index < -0.39 is 10.8 Å². The molecule has 0 saturated heterocycles. The predicted molar refractivity (Wildman–Crippen MR) is 54.7 cm³/mol. The fourth-order valence-electron chi connectivity index (χ4n) is 1.83. The van der Waals surface area contributed by atoms with Crippen LogP contribution in [0.1, 0.15) is 39.0 Å². The van der Waals surface area contributed by atoms with E-state index in [0.717, 1.165) is 37.9 Å². The van der Waals surface area contributed by atoms with E-state index in [1.54, 1.807) is 0 Å². The Hall–Kier alpha value is -0.360. The van der Waals surface area contributed by atoms with Crippen LogP contribution < -0.4 is 0 Å². The summed E-state index contributed by atoms with van der Waals surface area (Å²) in [5.41, 5.74) is 0. The van der Waals surface area contributed by atoms with Crippen LogP contribution in [-0.2, 0) is 10.8 Å². The summed E-state index contributed by atoms with van der Waals surface area (Å²) in [6, 6.07) is 2.28. The van der Waals surface area contributed by atoms with Crippen molar-refractivity contribution in [1.82, 2.24) is 0 Å². The first-order chi connectivity index (χ1) is 6.29. The van der Waals surface area contributed by atoms with E-state index >= 15 is 0 Å². The van der Waals surface area contributed by atoms with Crippen LogP contribution in [-0.4, -0.2) is 15.2 Å². The van der Waals surface area contributed by atoms with Gasteiger partial charge in [-0.25, -0.2) is 0 Å². The second kappa shape index (κ2) is 5.39. The molecule has 0 heterocycles. The first-order valence-electron chi connectivity index (χ1n) is 5.06. The summed E-state index contributed by atoms with van der Waals surface area (Å²) in [5, 5.41) is 9.00. The minimum Gasteiger partial charge on any atom is -0.259 e. The van der Waals surface area contributed by atoms with Gasteiger partial charge in [0, 0.05) is 16.6 Å². The van der Waals surface area contributed by atoms with E-state index in [4.69, 9.17) is 5.26 Å². The van der Waals surface area contributed by atoms with Crippen molar-refractivity contribution in [3.8, 4) is 6.07 Å². The van der Waals surface area contributed by atoms with Crippen LogP contribution in [0.25, 0.3) is 0 Å². The third kappa shape index (κ3) is 2.80. The van der Waals surface area contributed by atoms with Crippen LogP contribution in [0, 0.1) is 17.2 Å². The lowest BCUT2D eigenvalue weighted by Gasteiger charge is -2.12. The van der Waals surface area contributed by atoms with Gasteiger partial charge in [-0.3, -0.25) is 4.21 Å². The molecule has 1 saturated carbocycles. The van der Waals surface area contributed by atoms with Crippen molar-refractivity contribution in [3.05, 3.63) is 0 Å². The Morgan fingerprint density at radius 1 is 1.54 bits per heavy atom. The van der Waals surface area contributed by atoms with Crippen molar-refractivity contribution < 1.29 is 4.21 Å². The number of nitrogens with zero attached hydrogens (tertiary/aromatic N) is 1. The monoisotopic (exact) mass is 199 g/mol. The summed E-state index contributed by atoms with van der Waals surface area (Å²) in [7, 11) is -0.748. The quantitative estimate of drug-likeness (QED) is 0.696. The Bertz CT molecular complexity index is 221. The van der Waals surface area contributed by atoms with Crippen LogP contribution >= 0.6 is 0 Å². The highest BCUT2D eigenvalue weighted by molar-refractivity contribution is 7.85. The topological polar surface area (TPSA) is 40.9 Å². The van der Waals surface area contributed by atoms with E-state index in [2.05, 4.69) is 13.0 Å². The summed E-state index contributed by atoms with van der Waals surface area (Å²) in [5.74, 6) is 0.858. The highest BCUT2D eigenvalue weighted by Gasteiger charge is 2.31. The molecule has 1 aliphatic carbocycles. The molecule has 3 unspecified atom stereocenters. The number of hydrogen-bond acceptors (Lipinski definition) is 2. The smallest absolute Gasteiger partial charge is 0.0668 e. The summed E-state index contributed by atoms with van der Waals surface area (Å²) in [6.07, 6.45) is 5.16. The molecule has 1 fully saturated rings. The molecule has 3 atom stereocenters. The Kier molecular flexibility index (Phi) is 4.44. The lowest BCUT2D eigenvalue weighted by molar-refractivity contribution is 0.642. The molecule has 2 nitrogen and oxygen atoms in total. The summed E-state index contributed by atoms with van der Waals surface area (Å²) >= 11 is 0. The van der Waals surface area contributed by atoms with Gasteiger partial charge in [0.15, 0.2) is 0 Å². The van der Waals surface area contributed by atoms with E-state index in [1.807, 2.05) is 0 Å². The molecular formula is C10H17NOS. The fraction of sp³-hybridized carbons (Fsp3) is 0.900. The van der Waals surface area contributed by atoms with E-state index in [0.29, 0.717) is 0 Å². The maximum Gasteiger partial charge on any atom is 0.0668 e. The first-order valence-corrected chi connectivity index (χ1v) is 6.44. The Morgan fingerprint density at radius 2 is 2.31 bits per heavy atom. The van der Waals surface area contributed by atoms with E-state index in [9.17, 15) is 4.21 Å². The molecule has 0 aliphatic heterocycles. The number of unbranched alkanes of at least 4 members (excludes halogenated alkanes) is 1. The molecule has 0 aromatic heterocycles. The highest BCUT2D eigenvalue weighted by atomic mass is 32.2.